The van der Waals surface area contributed by atoms with Crippen molar-refractivity contribution in [3.8, 4) is 0 Å². The van der Waals surface area contributed by atoms with Crippen LogP contribution in [0.3, 0.4) is 0 Å². The van der Waals surface area contributed by atoms with Crippen LogP contribution in [0.25, 0.3) is 0 Å². The van der Waals surface area contributed by atoms with Crippen molar-refractivity contribution < 1.29 is 4.74 Å². The molecular weight excluding hydrogens is 306 g/mol. The van der Waals surface area contributed by atoms with E-state index in [0.29, 0.717) is 6.04 Å². The minimum absolute atomic E-state index is 0.260. The zero-order valence-corrected chi connectivity index (χ0v) is 13.4. The Labute approximate surface area is 123 Å². The number of hydrogen-bond acceptors (Lipinski definition) is 4. The zero-order valence-electron chi connectivity index (χ0n) is 11.8. The highest BCUT2D eigenvalue weighted by Gasteiger charge is 2.28. The third kappa shape index (κ3) is 3.46. The summed E-state index contributed by atoms with van der Waals surface area (Å²) in [5.41, 5.74) is 1.23. The maximum atomic E-state index is 5.76. The summed E-state index contributed by atoms with van der Waals surface area (Å²) in [6, 6.07) is 2.56. The molecule has 0 spiro atoms. The first kappa shape index (κ1) is 14.8. The SMILES string of the molecule is CCC1COC(C)CN1c1ncc(Br)cc1CNC. The van der Waals surface area contributed by atoms with Crippen LogP contribution in [0.5, 0.6) is 0 Å². The molecule has 1 aliphatic rings. The van der Waals surface area contributed by atoms with E-state index in [2.05, 4.69) is 51.0 Å². The largest absolute Gasteiger partial charge is 0.375 e. The molecule has 1 aliphatic heterocycles. The Kier molecular flexibility index (Phi) is 5.19. The monoisotopic (exact) mass is 327 g/mol. The van der Waals surface area contributed by atoms with Crippen LogP contribution in [-0.2, 0) is 11.3 Å². The molecule has 0 bridgehead atoms. The Morgan fingerprint density at radius 2 is 2.37 bits per heavy atom. The van der Waals surface area contributed by atoms with E-state index in [0.717, 1.165) is 36.4 Å². The van der Waals surface area contributed by atoms with Crippen molar-refractivity contribution >= 4 is 21.7 Å². The second-order valence-corrected chi connectivity index (χ2v) is 5.94. The summed E-state index contributed by atoms with van der Waals surface area (Å²) in [4.78, 5) is 7.03. The standard InChI is InChI=1S/C14H22BrN3O/c1-4-13-9-19-10(2)8-18(13)14-11(6-16-3)5-12(15)7-17-14/h5,7,10,13,16H,4,6,8-9H2,1-3H3. The third-order valence-corrected chi connectivity index (χ3v) is 3.92. The minimum atomic E-state index is 0.260. The van der Waals surface area contributed by atoms with Gasteiger partial charge >= 0.3 is 0 Å². The number of rotatable bonds is 4. The van der Waals surface area contributed by atoms with Gasteiger partial charge in [0.25, 0.3) is 0 Å². The van der Waals surface area contributed by atoms with Crippen molar-refractivity contribution in [2.45, 2.75) is 39.0 Å². The van der Waals surface area contributed by atoms with Gasteiger partial charge in [-0.2, -0.15) is 0 Å². The predicted molar refractivity (Wildman–Crippen MR) is 81.5 cm³/mol. The molecule has 2 atom stereocenters. The first-order valence-corrected chi connectivity index (χ1v) is 7.62. The molecule has 5 heteroatoms. The topological polar surface area (TPSA) is 37.4 Å². The molecule has 4 nitrogen and oxygen atoms in total. The lowest BCUT2D eigenvalue weighted by Crippen LogP contribution is -2.49. The Balaban J connectivity index is 2.32. The molecular formula is C14H22BrN3O. The highest BCUT2D eigenvalue weighted by Crippen LogP contribution is 2.27. The number of pyridine rings is 1. The van der Waals surface area contributed by atoms with Gasteiger partial charge in [-0.05, 0) is 42.4 Å². The van der Waals surface area contributed by atoms with E-state index in [1.54, 1.807) is 0 Å². The van der Waals surface area contributed by atoms with E-state index < -0.39 is 0 Å². The summed E-state index contributed by atoms with van der Waals surface area (Å²) in [5.74, 6) is 1.08. The van der Waals surface area contributed by atoms with Crippen LogP contribution in [0, 0.1) is 0 Å². The molecule has 2 heterocycles. The molecule has 1 aromatic heterocycles. The van der Waals surface area contributed by atoms with Gasteiger partial charge in [0.2, 0.25) is 0 Å². The van der Waals surface area contributed by atoms with Crippen LogP contribution in [0.4, 0.5) is 5.82 Å². The number of halogens is 1. The summed E-state index contributed by atoms with van der Waals surface area (Å²) >= 11 is 3.50. The Morgan fingerprint density at radius 1 is 1.58 bits per heavy atom. The summed E-state index contributed by atoms with van der Waals surface area (Å²) < 4.78 is 6.79. The molecule has 1 saturated heterocycles. The second-order valence-electron chi connectivity index (χ2n) is 5.02. The normalized spacial score (nSPS) is 23.7. The molecule has 0 radical (unpaired) electrons. The van der Waals surface area contributed by atoms with E-state index in [1.165, 1.54) is 5.56 Å². The molecule has 0 amide bonds. The first-order chi connectivity index (χ1) is 9.15. The average Bonchev–Trinajstić information content (AvgIpc) is 2.39. The fraction of sp³-hybridized carbons (Fsp3) is 0.643. The molecule has 1 N–H and O–H groups in total. The number of aromatic nitrogens is 1. The number of nitrogens with zero attached hydrogens (tertiary/aromatic N) is 2. The van der Waals surface area contributed by atoms with Crippen LogP contribution >= 0.6 is 15.9 Å². The van der Waals surface area contributed by atoms with E-state index in [-0.39, 0.29) is 6.10 Å². The van der Waals surface area contributed by atoms with Gasteiger partial charge in [-0.1, -0.05) is 6.92 Å². The lowest BCUT2D eigenvalue weighted by atomic mass is 10.1. The van der Waals surface area contributed by atoms with Crippen LogP contribution in [-0.4, -0.2) is 37.3 Å². The number of ether oxygens (including phenoxy) is 1. The molecule has 19 heavy (non-hydrogen) atoms. The second kappa shape index (κ2) is 6.68. The van der Waals surface area contributed by atoms with Gasteiger partial charge in [-0.3, -0.25) is 0 Å². The molecule has 2 unspecified atom stereocenters. The molecule has 1 aromatic rings. The van der Waals surface area contributed by atoms with Gasteiger partial charge in [0.05, 0.1) is 18.8 Å². The van der Waals surface area contributed by atoms with Crippen molar-refractivity contribution in [3.05, 3.63) is 22.3 Å². The molecule has 1 fully saturated rings. The Morgan fingerprint density at radius 3 is 3.05 bits per heavy atom. The molecule has 106 valence electrons. The van der Waals surface area contributed by atoms with Gasteiger partial charge in [-0.15, -0.1) is 0 Å². The summed E-state index contributed by atoms with van der Waals surface area (Å²) in [6.45, 7) is 6.84. The van der Waals surface area contributed by atoms with Gasteiger partial charge in [0.1, 0.15) is 5.82 Å². The zero-order chi connectivity index (χ0) is 13.8. The third-order valence-electron chi connectivity index (χ3n) is 3.49. The highest BCUT2D eigenvalue weighted by molar-refractivity contribution is 9.10. The van der Waals surface area contributed by atoms with Gasteiger partial charge in [0.15, 0.2) is 0 Å². The molecule has 0 aliphatic carbocycles. The number of hydrogen-bond donors (Lipinski definition) is 1. The van der Waals surface area contributed by atoms with Gasteiger partial charge in [-0.25, -0.2) is 4.98 Å². The summed E-state index contributed by atoms with van der Waals surface area (Å²) in [6.07, 6.45) is 3.21. The van der Waals surface area contributed by atoms with E-state index in [4.69, 9.17) is 4.74 Å². The average molecular weight is 328 g/mol. The van der Waals surface area contributed by atoms with E-state index in [1.807, 2.05) is 13.2 Å². The van der Waals surface area contributed by atoms with Gasteiger partial charge < -0.3 is 15.0 Å². The summed E-state index contributed by atoms with van der Waals surface area (Å²) in [7, 11) is 1.96. The Hall–Kier alpha value is -0.650. The smallest absolute Gasteiger partial charge is 0.133 e. The predicted octanol–water partition coefficient (Wildman–Crippen LogP) is 2.57. The van der Waals surface area contributed by atoms with E-state index in [9.17, 15) is 0 Å². The fourth-order valence-corrected chi connectivity index (χ4v) is 2.87. The number of nitrogens with one attached hydrogen (secondary N) is 1. The summed E-state index contributed by atoms with van der Waals surface area (Å²) in [5, 5.41) is 3.22. The van der Waals surface area contributed by atoms with Crippen molar-refractivity contribution in [2.75, 3.05) is 25.1 Å². The molecule has 0 aromatic carbocycles. The number of morpholine rings is 1. The minimum Gasteiger partial charge on any atom is -0.375 e. The van der Waals surface area contributed by atoms with Crippen molar-refractivity contribution in [3.63, 3.8) is 0 Å². The van der Waals surface area contributed by atoms with E-state index >= 15 is 0 Å². The fourth-order valence-electron chi connectivity index (χ4n) is 2.49. The highest BCUT2D eigenvalue weighted by atomic mass is 79.9. The van der Waals surface area contributed by atoms with Crippen molar-refractivity contribution in [1.82, 2.24) is 10.3 Å². The number of anilines is 1. The lowest BCUT2D eigenvalue weighted by Gasteiger charge is -2.40. The molecule has 2 rings (SSSR count). The maximum absolute atomic E-state index is 5.76. The van der Waals surface area contributed by atoms with Crippen LogP contribution < -0.4 is 10.2 Å². The first-order valence-electron chi connectivity index (χ1n) is 6.83. The van der Waals surface area contributed by atoms with Gasteiger partial charge in [0, 0.05) is 29.3 Å². The van der Waals surface area contributed by atoms with Crippen molar-refractivity contribution in [1.29, 1.82) is 0 Å². The van der Waals surface area contributed by atoms with Crippen LogP contribution in [0.1, 0.15) is 25.8 Å². The van der Waals surface area contributed by atoms with Crippen LogP contribution in [0.15, 0.2) is 16.7 Å². The lowest BCUT2D eigenvalue weighted by molar-refractivity contribution is 0.0295. The maximum Gasteiger partial charge on any atom is 0.133 e. The quantitative estimate of drug-likeness (QED) is 0.922. The Bertz CT molecular complexity index is 427. The van der Waals surface area contributed by atoms with Crippen molar-refractivity contribution in [2.24, 2.45) is 0 Å². The van der Waals surface area contributed by atoms with Crippen LogP contribution in [0.2, 0.25) is 0 Å². The molecule has 0 saturated carbocycles.